The molecule has 4 aromatic rings. The molecule has 6 rings (SSSR count). The summed E-state index contributed by atoms with van der Waals surface area (Å²) >= 11 is 2.50. The van der Waals surface area contributed by atoms with Gasteiger partial charge in [0.1, 0.15) is 11.9 Å². The minimum atomic E-state index is -4.33. The van der Waals surface area contributed by atoms with Crippen LogP contribution in [-0.4, -0.2) is 49.1 Å². The second-order valence-electron chi connectivity index (χ2n) is 11.6. The van der Waals surface area contributed by atoms with Gasteiger partial charge in [-0.3, -0.25) is 9.69 Å². The maximum Gasteiger partial charge on any atom is 0.416 e. The Morgan fingerprint density at radius 2 is 1.48 bits per heavy atom. The lowest BCUT2D eigenvalue weighted by Crippen LogP contribution is -2.44. The molecule has 4 aromatic carbocycles. The largest absolute Gasteiger partial charge is 0.490 e. The predicted molar refractivity (Wildman–Crippen MR) is 177 cm³/mol. The second-order valence-corrected chi connectivity index (χ2v) is 12.8. The third-order valence-corrected chi connectivity index (χ3v) is 10.1. The Morgan fingerprint density at radius 1 is 0.818 bits per heavy atom. The van der Waals surface area contributed by atoms with Gasteiger partial charge in [-0.25, -0.2) is 0 Å². The van der Waals surface area contributed by atoms with Crippen LogP contribution in [0.3, 0.4) is 0 Å². The number of piperidine rings is 2. The number of likely N-dealkylation sites (tertiary alicyclic amines) is 1. The van der Waals surface area contributed by atoms with Crippen LogP contribution < -0.4 is 15.0 Å². The zero-order valence-electron chi connectivity index (χ0n) is 24.3. The van der Waals surface area contributed by atoms with Crippen LogP contribution in [0.1, 0.15) is 51.2 Å². The summed E-state index contributed by atoms with van der Waals surface area (Å²) < 4.78 is 45.3. The van der Waals surface area contributed by atoms with E-state index in [1.54, 1.807) is 0 Å². The number of rotatable bonds is 7. The number of fused-ring (bicyclic) bond motifs is 1. The van der Waals surface area contributed by atoms with Crippen molar-refractivity contribution >= 4 is 45.0 Å². The van der Waals surface area contributed by atoms with Gasteiger partial charge in [-0.15, -0.1) is 0 Å². The predicted octanol–water partition coefficient (Wildman–Crippen LogP) is 8.23. The maximum absolute atomic E-state index is 13.1. The maximum atomic E-state index is 13.1. The van der Waals surface area contributed by atoms with Gasteiger partial charge in [-0.1, -0.05) is 65.1 Å². The number of ether oxygens (including phenoxy) is 1. The van der Waals surface area contributed by atoms with E-state index >= 15 is 0 Å². The van der Waals surface area contributed by atoms with Crippen LogP contribution in [0.5, 0.6) is 5.75 Å². The molecule has 2 saturated heterocycles. The second kappa shape index (κ2) is 13.4. The normalized spacial score (nSPS) is 17.9. The van der Waals surface area contributed by atoms with Crippen molar-refractivity contribution in [1.29, 1.82) is 0 Å². The van der Waals surface area contributed by atoms with Crippen molar-refractivity contribution < 1.29 is 22.7 Å². The molecule has 1 atom stereocenters. The number of carbonyl (C=O) groups excluding carboxylic acids is 1. The quantitative estimate of drug-likeness (QED) is 0.119. The average molecular weight is 714 g/mol. The van der Waals surface area contributed by atoms with Crippen molar-refractivity contribution in [3.05, 3.63) is 108 Å². The van der Waals surface area contributed by atoms with E-state index in [1.165, 1.54) is 17.7 Å². The standard InChI is InChI=1S/C35H35F3IN3O2/c36-35(37,38)28-9-11-30(12-10-28)41-20-16-31(17-21-41)44-32-13-8-25-22-27(7-6-26(25)23-32)34(43)40-29-14-18-42(19-15-29)33(39)24-4-2-1-3-5-24/h1-13,22-23,29,31,33H,14-21H2,(H,40,43). The molecule has 1 unspecified atom stereocenters. The van der Waals surface area contributed by atoms with Crippen molar-refractivity contribution in [2.45, 2.75) is 48.1 Å². The number of alkyl halides is 4. The first-order valence-corrected chi connectivity index (χ1v) is 16.3. The summed E-state index contributed by atoms with van der Waals surface area (Å²) in [5, 5.41) is 5.23. The number of nitrogens with one attached hydrogen (secondary N) is 1. The highest BCUT2D eigenvalue weighted by molar-refractivity contribution is 14.1. The first kappa shape index (κ1) is 30.7. The molecule has 0 saturated carbocycles. The molecule has 2 aliphatic rings. The molecular formula is C35H35F3IN3O2. The van der Waals surface area contributed by atoms with E-state index in [4.69, 9.17) is 4.74 Å². The molecule has 0 spiro atoms. The zero-order valence-corrected chi connectivity index (χ0v) is 26.4. The van der Waals surface area contributed by atoms with E-state index in [0.717, 1.165) is 73.1 Å². The third kappa shape index (κ3) is 7.31. The lowest BCUT2D eigenvalue weighted by atomic mass is 10.0. The van der Waals surface area contributed by atoms with Crippen molar-refractivity contribution in [1.82, 2.24) is 10.2 Å². The zero-order chi connectivity index (χ0) is 30.7. The molecule has 0 aliphatic carbocycles. The molecule has 2 fully saturated rings. The smallest absolute Gasteiger partial charge is 0.416 e. The number of hydrogen-bond donors (Lipinski definition) is 1. The lowest BCUT2D eigenvalue weighted by Gasteiger charge is -2.35. The molecule has 9 heteroatoms. The van der Waals surface area contributed by atoms with Gasteiger partial charge in [0.05, 0.1) is 9.61 Å². The molecule has 2 aliphatic heterocycles. The molecule has 2 heterocycles. The fourth-order valence-corrected chi connectivity index (χ4v) is 7.06. The topological polar surface area (TPSA) is 44.8 Å². The summed E-state index contributed by atoms with van der Waals surface area (Å²) in [6.45, 7) is 3.32. The van der Waals surface area contributed by atoms with E-state index < -0.39 is 11.7 Å². The van der Waals surface area contributed by atoms with Gasteiger partial charge in [-0.05, 0) is 77.7 Å². The number of benzene rings is 4. The summed E-state index contributed by atoms with van der Waals surface area (Å²) in [4.78, 5) is 17.7. The van der Waals surface area contributed by atoms with Gasteiger partial charge in [0.25, 0.3) is 5.91 Å². The van der Waals surface area contributed by atoms with Crippen molar-refractivity contribution in [2.24, 2.45) is 0 Å². The lowest BCUT2D eigenvalue weighted by molar-refractivity contribution is -0.137. The van der Waals surface area contributed by atoms with Crippen LogP contribution in [0.15, 0.2) is 91.0 Å². The first-order chi connectivity index (χ1) is 21.2. The Morgan fingerprint density at radius 3 is 2.16 bits per heavy atom. The van der Waals surface area contributed by atoms with Gasteiger partial charge in [0.15, 0.2) is 0 Å². The molecule has 0 aromatic heterocycles. The summed E-state index contributed by atoms with van der Waals surface area (Å²) in [6, 6.07) is 27.7. The minimum Gasteiger partial charge on any atom is -0.490 e. The average Bonchev–Trinajstić information content (AvgIpc) is 3.05. The van der Waals surface area contributed by atoms with Gasteiger partial charge in [0, 0.05) is 56.3 Å². The number of halogens is 4. The van der Waals surface area contributed by atoms with Crippen LogP contribution in [0.4, 0.5) is 18.9 Å². The minimum absolute atomic E-state index is 0.0322. The number of amides is 1. The fourth-order valence-electron chi connectivity index (χ4n) is 6.09. The van der Waals surface area contributed by atoms with Crippen LogP contribution in [0, 0.1) is 0 Å². The molecule has 230 valence electrons. The summed E-state index contributed by atoms with van der Waals surface area (Å²) in [5.74, 6) is 0.734. The Hall–Kier alpha value is -3.31. The molecule has 5 nitrogen and oxygen atoms in total. The van der Waals surface area contributed by atoms with E-state index in [0.29, 0.717) is 22.7 Å². The van der Waals surface area contributed by atoms with Crippen molar-refractivity contribution in [3.8, 4) is 5.75 Å². The SMILES string of the molecule is O=C(NC1CCN(C(I)c2ccccc2)CC1)c1ccc2cc(OC3CCN(c4ccc(C(F)(F)F)cc4)CC3)ccc2c1. The number of anilines is 1. The number of carbonyl (C=O) groups is 1. The van der Waals surface area contributed by atoms with Gasteiger partial charge < -0.3 is 15.0 Å². The van der Waals surface area contributed by atoms with E-state index in [9.17, 15) is 18.0 Å². The van der Waals surface area contributed by atoms with Crippen LogP contribution in [0.25, 0.3) is 10.8 Å². The molecule has 0 radical (unpaired) electrons. The highest BCUT2D eigenvalue weighted by Crippen LogP contribution is 2.33. The Bertz CT molecular complexity index is 1570. The van der Waals surface area contributed by atoms with Crippen LogP contribution in [0.2, 0.25) is 0 Å². The highest BCUT2D eigenvalue weighted by atomic mass is 127. The molecule has 1 amide bonds. The highest BCUT2D eigenvalue weighted by Gasteiger charge is 2.30. The van der Waals surface area contributed by atoms with Crippen molar-refractivity contribution in [3.63, 3.8) is 0 Å². The molecular weight excluding hydrogens is 678 g/mol. The summed E-state index contributed by atoms with van der Waals surface area (Å²) in [5.41, 5.74) is 2.13. The summed E-state index contributed by atoms with van der Waals surface area (Å²) in [6.07, 6.45) is -0.883. The van der Waals surface area contributed by atoms with Gasteiger partial charge >= 0.3 is 6.18 Å². The molecule has 1 N–H and O–H groups in total. The Balaban J connectivity index is 0.992. The molecule has 44 heavy (non-hydrogen) atoms. The van der Waals surface area contributed by atoms with E-state index in [-0.39, 0.29) is 18.1 Å². The number of hydrogen-bond acceptors (Lipinski definition) is 4. The van der Waals surface area contributed by atoms with E-state index in [2.05, 4.69) is 62.0 Å². The third-order valence-electron chi connectivity index (χ3n) is 8.64. The van der Waals surface area contributed by atoms with Gasteiger partial charge in [-0.2, -0.15) is 13.2 Å². The number of nitrogens with zero attached hydrogens (tertiary/aromatic N) is 2. The van der Waals surface area contributed by atoms with Crippen molar-refractivity contribution in [2.75, 3.05) is 31.1 Å². The fraction of sp³-hybridized carbons (Fsp3) is 0.343. The Labute approximate surface area is 269 Å². The van der Waals surface area contributed by atoms with Crippen LogP contribution in [-0.2, 0) is 6.18 Å². The van der Waals surface area contributed by atoms with E-state index in [1.807, 2.05) is 42.5 Å². The summed E-state index contributed by atoms with van der Waals surface area (Å²) in [7, 11) is 0. The first-order valence-electron chi connectivity index (χ1n) is 15.1. The van der Waals surface area contributed by atoms with Gasteiger partial charge in [0.2, 0.25) is 0 Å². The Kier molecular flexibility index (Phi) is 9.32. The monoisotopic (exact) mass is 713 g/mol. The van der Waals surface area contributed by atoms with Crippen LogP contribution >= 0.6 is 22.6 Å². The molecule has 0 bridgehead atoms.